The van der Waals surface area contributed by atoms with Gasteiger partial charge in [-0.2, -0.15) is 5.10 Å². The van der Waals surface area contributed by atoms with Gasteiger partial charge in [-0.3, -0.25) is 4.79 Å². The van der Waals surface area contributed by atoms with Crippen molar-refractivity contribution >= 4 is 5.91 Å². The van der Waals surface area contributed by atoms with E-state index in [1.54, 1.807) is 18.2 Å². The lowest BCUT2D eigenvalue weighted by Crippen LogP contribution is -2.22. The van der Waals surface area contributed by atoms with Crippen LogP contribution in [0.5, 0.6) is 0 Å². The van der Waals surface area contributed by atoms with E-state index >= 15 is 0 Å². The van der Waals surface area contributed by atoms with Crippen LogP contribution in [-0.4, -0.2) is 15.7 Å². The summed E-state index contributed by atoms with van der Waals surface area (Å²) in [6, 6.07) is 6.34. The first kappa shape index (κ1) is 12.8. The second kappa shape index (κ2) is 4.74. The smallest absolute Gasteiger partial charge is 0.255 e. The minimum Gasteiger partial charge on any atom is -0.344 e. The fourth-order valence-corrected chi connectivity index (χ4v) is 2.63. The molecule has 2 aromatic rings. The zero-order chi connectivity index (χ0) is 14.3. The summed E-state index contributed by atoms with van der Waals surface area (Å²) in [6.07, 6.45) is 2.32. The van der Waals surface area contributed by atoms with Crippen molar-refractivity contribution in [1.29, 1.82) is 0 Å². The van der Waals surface area contributed by atoms with E-state index < -0.39 is 0 Å². The molecular formula is C15H16FN3O. The number of carbonyl (C=O) groups is 1. The quantitative estimate of drug-likeness (QED) is 0.934. The Morgan fingerprint density at radius 1 is 1.40 bits per heavy atom. The first-order valence-electron chi connectivity index (χ1n) is 6.71. The molecule has 0 aliphatic carbocycles. The molecule has 20 heavy (non-hydrogen) atoms. The third kappa shape index (κ3) is 1.99. The van der Waals surface area contributed by atoms with Crippen molar-refractivity contribution in [2.24, 2.45) is 5.92 Å². The summed E-state index contributed by atoms with van der Waals surface area (Å²) in [5, 5.41) is 7.13. The average molecular weight is 273 g/mol. The van der Waals surface area contributed by atoms with E-state index in [4.69, 9.17) is 0 Å². The molecule has 0 radical (unpaired) electrons. The number of para-hydroxylation sites is 1. The van der Waals surface area contributed by atoms with E-state index in [1.165, 1.54) is 16.9 Å². The third-order valence-electron chi connectivity index (χ3n) is 3.47. The number of amides is 1. The Labute approximate surface area is 116 Å². The molecule has 0 fully saturated rings. The van der Waals surface area contributed by atoms with Gasteiger partial charge in [-0.1, -0.05) is 26.0 Å². The summed E-state index contributed by atoms with van der Waals surface area (Å²) in [6.45, 7) is 4.18. The normalized spacial score (nSPS) is 17.4. The zero-order valence-corrected chi connectivity index (χ0v) is 11.4. The van der Waals surface area contributed by atoms with Crippen LogP contribution >= 0.6 is 0 Å². The molecule has 1 amide bonds. The van der Waals surface area contributed by atoms with Gasteiger partial charge in [0.2, 0.25) is 0 Å². The van der Waals surface area contributed by atoms with Gasteiger partial charge < -0.3 is 5.32 Å². The Kier molecular flexibility index (Phi) is 3.04. The van der Waals surface area contributed by atoms with E-state index in [-0.39, 0.29) is 17.8 Å². The van der Waals surface area contributed by atoms with E-state index in [0.717, 1.165) is 12.1 Å². The second-order valence-electron chi connectivity index (χ2n) is 5.46. The molecular weight excluding hydrogens is 257 g/mol. The van der Waals surface area contributed by atoms with Crippen LogP contribution in [0.4, 0.5) is 4.39 Å². The van der Waals surface area contributed by atoms with Crippen LogP contribution in [0.2, 0.25) is 0 Å². The van der Waals surface area contributed by atoms with Crippen LogP contribution in [0.3, 0.4) is 0 Å². The van der Waals surface area contributed by atoms with Gasteiger partial charge >= 0.3 is 0 Å². The molecule has 3 rings (SSSR count). The molecule has 0 saturated carbocycles. The van der Waals surface area contributed by atoms with Gasteiger partial charge in [-0.25, -0.2) is 9.07 Å². The summed E-state index contributed by atoms with van der Waals surface area (Å²) in [5.41, 5.74) is 1.67. The topological polar surface area (TPSA) is 46.9 Å². The number of fused-ring (bicyclic) bond motifs is 1. The van der Waals surface area contributed by atoms with Crippen LogP contribution in [-0.2, 0) is 0 Å². The maximum Gasteiger partial charge on any atom is 0.255 e. The van der Waals surface area contributed by atoms with E-state index in [0.29, 0.717) is 17.2 Å². The largest absolute Gasteiger partial charge is 0.344 e. The Morgan fingerprint density at radius 3 is 2.85 bits per heavy atom. The number of hydrogen-bond donors (Lipinski definition) is 1. The summed E-state index contributed by atoms with van der Waals surface area (Å²) in [4.78, 5) is 11.9. The fraction of sp³-hybridized carbons (Fsp3) is 0.333. The van der Waals surface area contributed by atoms with Gasteiger partial charge in [-0.05, 0) is 24.5 Å². The molecule has 1 N–H and O–H groups in total. The molecule has 0 saturated heterocycles. The Balaban J connectivity index is 2.10. The summed E-state index contributed by atoms with van der Waals surface area (Å²) >= 11 is 0. The van der Waals surface area contributed by atoms with Crippen LogP contribution in [0.1, 0.15) is 42.4 Å². The number of halogens is 1. The molecule has 1 aliphatic rings. The molecule has 1 aliphatic heterocycles. The number of nitrogens with zero attached hydrogens (tertiary/aromatic N) is 2. The lowest BCUT2D eigenvalue weighted by Gasteiger charge is -2.16. The van der Waals surface area contributed by atoms with Gasteiger partial charge in [-0.15, -0.1) is 0 Å². The molecule has 1 aromatic heterocycles. The van der Waals surface area contributed by atoms with E-state index in [2.05, 4.69) is 24.3 Å². The predicted octanol–water partition coefficient (Wildman–Crippen LogP) is 2.84. The summed E-state index contributed by atoms with van der Waals surface area (Å²) in [7, 11) is 0. The van der Waals surface area contributed by atoms with Crippen molar-refractivity contribution in [3.8, 4) is 5.69 Å². The fourth-order valence-electron chi connectivity index (χ4n) is 2.63. The Hall–Kier alpha value is -2.17. The lowest BCUT2D eigenvalue weighted by atomic mass is 10.0. The number of hydrogen-bond acceptors (Lipinski definition) is 2. The monoisotopic (exact) mass is 273 g/mol. The third-order valence-corrected chi connectivity index (χ3v) is 3.47. The van der Waals surface area contributed by atoms with Crippen molar-refractivity contribution in [1.82, 2.24) is 15.1 Å². The minimum atomic E-state index is -0.346. The first-order valence-corrected chi connectivity index (χ1v) is 6.71. The minimum absolute atomic E-state index is 0.111. The molecule has 5 heteroatoms. The number of nitrogens with one attached hydrogen (secondary N) is 1. The highest BCUT2D eigenvalue weighted by atomic mass is 19.1. The first-order chi connectivity index (χ1) is 9.58. The molecule has 0 spiro atoms. The van der Waals surface area contributed by atoms with Crippen LogP contribution in [0, 0.1) is 11.7 Å². The van der Waals surface area contributed by atoms with Gasteiger partial charge in [0.05, 0.1) is 23.5 Å². The molecule has 4 nitrogen and oxygen atoms in total. The maximum absolute atomic E-state index is 13.9. The average Bonchev–Trinajstić information content (AvgIpc) is 2.93. The standard InChI is InChI=1S/C15H16FN3O/c1-9(2)7-12-14-10(15(20)18-12)8-17-19(14)13-6-4-3-5-11(13)16/h3-6,8-9,12H,7H2,1-2H3,(H,18,20). The highest BCUT2D eigenvalue weighted by Gasteiger charge is 2.34. The van der Waals surface area contributed by atoms with Gasteiger partial charge in [0.15, 0.2) is 0 Å². The van der Waals surface area contributed by atoms with Crippen molar-refractivity contribution < 1.29 is 9.18 Å². The van der Waals surface area contributed by atoms with Gasteiger partial charge in [0.1, 0.15) is 11.5 Å². The number of carbonyl (C=O) groups excluding carboxylic acids is 1. The van der Waals surface area contributed by atoms with Gasteiger partial charge in [0.25, 0.3) is 5.91 Å². The summed E-state index contributed by atoms with van der Waals surface area (Å²) < 4.78 is 15.5. The molecule has 0 bridgehead atoms. The van der Waals surface area contributed by atoms with Crippen LogP contribution < -0.4 is 5.32 Å². The van der Waals surface area contributed by atoms with Crippen LogP contribution in [0.15, 0.2) is 30.5 Å². The van der Waals surface area contributed by atoms with Gasteiger partial charge in [0, 0.05) is 0 Å². The van der Waals surface area contributed by atoms with Crippen molar-refractivity contribution in [3.05, 3.63) is 47.5 Å². The number of aromatic nitrogens is 2. The van der Waals surface area contributed by atoms with E-state index in [9.17, 15) is 9.18 Å². The predicted molar refractivity (Wildman–Crippen MR) is 73.2 cm³/mol. The Bertz CT molecular complexity index is 663. The highest BCUT2D eigenvalue weighted by molar-refractivity contribution is 5.98. The van der Waals surface area contributed by atoms with Crippen molar-refractivity contribution in [2.45, 2.75) is 26.3 Å². The molecule has 104 valence electrons. The van der Waals surface area contributed by atoms with Crippen molar-refractivity contribution in [2.75, 3.05) is 0 Å². The molecule has 1 atom stereocenters. The number of benzene rings is 1. The summed E-state index contributed by atoms with van der Waals surface area (Å²) in [5.74, 6) is -0.0514. The van der Waals surface area contributed by atoms with Crippen LogP contribution in [0.25, 0.3) is 5.69 Å². The molecule has 2 heterocycles. The van der Waals surface area contributed by atoms with E-state index in [1.807, 2.05) is 0 Å². The van der Waals surface area contributed by atoms with Crippen molar-refractivity contribution in [3.63, 3.8) is 0 Å². The molecule has 1 unspecified atom stereocenters. The SMILES string of the molecule is CC(C)CC1NC(=O)c2cnn(-c3ccccc3F)c21. The second-order valence-corrected chi connectivity index (χ2v) is 5.46. The zero-order valence-electron chi connectivity index (χ0n) is 11.4. The molecule has 1 aromatic carbocycles. The lowest BCUT2D eigenvalue weighted by molar-refractivity contribution is 0.0952. The Morgan fingerprint density at radius 2 is 2.15 bits per heavy atom. The maximum atomic E-state index is 13.9. The number of rotatable bonds is 3. The highest BCUT2D eigenvalue weighted by Crippen LogP contribution is 2.32.